The monoisotopic (exact) mass is 427 g/mol. The lowest BCUT2D eigenvalue weighted by molar-refractivity contribution is 0.0776. The van der Waals surface area contributed by atoms with Crippen LogP contribution in [0.25, 0.3) is 0 Å². The molecule has 2 aromatic rings. The second kappa shape index (κ2) is 7.85. The van der Waals surface area contributed by atoms with E-state index in [1.807, 2.05) is 32.0 Å². The molecule has 1 saturated heterocycles. The topological polar surface area (TPSA) is 83.7 Å². The highest BCUT2D eigenvalue weighted by molar-refractivity contribution is 6.35. The van der Waals surface area contributed by atoms with Gasteiger partial charge in [0.15, 0.2) is 0 Å². The summed E-state index contributed by atoms with van der Waals surface area (Å²) in [6.07, 6.45) is 0.859. The van der Waals surface area contributed by atoms with Crippen LogP contribution in [0.3, 0.4) is 0 Å². The second-order valence-corrected chi connectivity index (χ2v) is 8.49. The summed E-state index contributed by atoms with van der Waals surface area (Å²) in [5, 5.41) is 0. The maximum Gasteiger partial charge on any atom is 0.266 e. The second-order valence-electron chi connectivity index (χ2n) is 8.49. The minimum atomic E-state index is -0.387. The fourth-order valence-electron chi connectivity index (χ4n) is 4.10. The standard InChI is InChI=1S/C23H25N3O3.ClH/c1-14-4-5-15(2)19(10-14)26-21(28)17-7-6-16(11-18(17)22(26)29)20(27)25-9-8-23(3,12-24)13-25;/h4-7,10-11H,8-9,12-13,24H2,1-3H3;1H. The average molecular weight is 428 g/mol. The minimum absolute atomic E-state index is 0. The van der Waals surface area contributed by atoms with Gasteiger partial charge < -0.3 is 10.6 Å². The van der Waals surface area contributed by atoms with Crippen molar-refractivity contribution in [2.45, 2.75) is 27.2 Å². The summed E-state index contributed by atoms with van der Waals surface area (Å²) in [5.74, 6) is -0.869. The highest BCUT2D eigenvalue weighted by Gasteiger charge is 2.39. The Morgan fingerprint density at radius 2 is 1.77 bits per heavy atom. The van der Waals surface area contributed by atoms with Gasteiger partial charge in [-0.2, -0.15) is 0 Å². The molecule has 1 fully saturated rings. The van der Waals surface area contributed by atoms with E-state index in [2.05, 4.69) is 6.92 Å². The van der Waals surface area contributed by atoms with Gasteiger partial charge in [0.05, 0.1) is 16.8 Å². The predicted octanol–water partition coefficient (Wildman–Crippen LogP) is 3.34. The molecule has 0 spiro atoms. The molecule has 4 rings (SSSR count). The number of hydrogen-bond acceptors (Lipinski definition) is 4. The number of benzene rings is 2. The fourth-order valence-corrected chi connectivity index (χ4v) is 4.10. The maximum atomic E-state index is 13.1. The number of rotatable bonds is 3. The number of imide groups is 1. The first-order chi connectivity index (χ1) is 13.7. The van der Waals surface area contributed by atoms with E-state index < -0.39 is 0 Å². The van der Waals surface area contributed by atoms with Crippen LogP contribution in [0.5, 0.6) is 0 Å². The summed E-state index contributed by atoms with van der Waals surface area (Å²) >= 11 is 0. The summed E-state index contributed by atoms with van der Waals surface area (Å²) in [6.45, 7) is 7.64. The molecule has 0 aliphatic carbocycles. The Kier molecular flexibility index (Phi) is 5.76. The number of carbonyl (C=O) groups excluding carboxylic acids is 3. The van der Waals surface area contributed by atoms with Gasteiger partial charge in [0.25, 0.3) is 17.7 Å². The van der Waals surface area contributed by atoms with Crippen molar-refractivity contribution < 1.29 is 14.4 Å². The maximum absolute atomic E-state index is 13.1. The highest BCUT2D eigenvalue weighted by Crippen LogP contribution is 2.33. The van der Waals surface area contributed by atoms with Gasteiger partial charge in [-0.3, -0.25) is 14.4 Å². The Balaban J connectivity index is 0.00000256. The predicted molar refractivity (Wildman–Crippen MR) is 118 cm³/mol. The van der Waals surface area contributed by atoms with Crippen LogP contribution < -0.4 is 10.6 Å². The Labute approximate surface area is 182 Å². The quantitative estimate of drug-likeness (QED) is 0.761. The SMILES string of the molecule is Cc1ccc(C)c(N2C(=O)c3ccc(C(=O)N4CCC(C)(CN)C4)cc3C2=O)c1.Cl. The van der Waals surface area contributed by atoms with Crippen molar-refractivity contribution in [3.63, 3.8) is 0 Å². The van der Waals surface area contributed by atoms with Crippen LogP contribution in [0.4, 0.5) is 5.69 Å². The van der Waals surface area contributed by atoms with Crippen molar-refractivity contribution >= 4 is 35.8 Å². The number of fused-ring (bicyclic) bond motifs is 1. The largest absolute Gasteiger partial charge is 0.338 e. The van der Waals surface area contributed by atoms with E-state index in [1.165, 1.54) is 4.90 Å². The molecule has 0 aromatic heterocycles. The molecule has 30 heavy (non-hydrogen) atoms. The first-order valence-electron chi connectivity index (χ1n) is 9.83. The minimum Gasteiger partial charge on any atom is -0.338 e. The summed E-state index contributed by atoms with van der Waals surface area (Å²) < 4.78 is 0. The van der Waals surface area contributed by atoms with Crippen molar-refractivity contribution in [2.24, 2.45) is 11.1 Å². The average Bonchev–Trinajstić information content (AvgIpc) is 3.22. The third-order valence-corrected chi connectivity index (χ3v) is 6.08. The van der Waals surface area contributed by atoms with E-state index >= 15 is 0 Å². The number of nitrogens with zero attached hydrogens (tertiary/aromatic N) is 2. The van der Waals surface area contributed by atoms with Gasteiger partial charge in [-0.1, -0.05) is 19.1 Å². The van der Waals surface area contributed by atoms with Crippen LogP contribution >= 0.6 is 12.4 Å². The van der Waals surface area contributed by atoms with Crippen molar-refractivity contribution in [1.29, 1.82) is 0 Å². The van der Waals surface area contributed by atoms with Gasteiger partial charge in [0, 0.05) is 18.7 Å². The lowest BCUT2D eigenvalue weighted by atomic mass is 9.90. The summed E-state index contributed by atoms with van der Waals surface area (Å²) in [7, 11) is 0. The van der Waals surface area contributed by atoms with Gasteiger partial charge in [-0.15, -0.1) is 12.4 Å². The highest BCUT2D eigenvalue weighted by atomic mass is 35.5. The van der Waals surface area contributed by atoms with E-state index in [1.54, 1.807) is 23.1 Å². The molecular formula is C23H26ClN3O3. The molecule has 7 heteroatoms. The van der Waals surface area contributed by atoms with Crippen LogP contribution in [-0.2, 0) is 0 Å². The van der Waals surface area contributed by atoms with Crippen LogP contribution in [-0.4, -0.2) is 42.3 Å². The molecule has 1 unspecified atom stereocenters. The van der Waals surface area contributed by atoms with E-state index in [9.17, 15) is 14.4 Å². The zero-order chi connectivity index (χ0) is 20.9. The Morgan fingerprint density at radius 1 is 1.07 bits per heavy atom. The van der Waals surface area contributed by atoms with E-state index in [0.29, 0.717) is 36.4 Å². The van der Waals surface area contributed by atoms with Crippen LogP contribution in [0.1, 0.15) is 55.5 Å². The zero-order valence-electron chi connectivity index (χ0n) is 17.4. The van der Waals surface area contributed by atoms with Gasteiger partial charge in [-0.05, 0) is 67.6 Å². The number of aryl methyl sites for hydroxylation is 2. The third-order valence-electron chi connectivity index (χ3n) is 6.08. The van der Waals surface area contributed by atoms with Crippen LogP contribution in [0.15, 0.2) is 36.4 Å². The normalized spacial score (nSPS) is 20.4. The van der Waals surface area contributed by atoms with Gasteiger partial charge in [0.2, 0.25) is 0 Å². The Morgan fingerprint density at radius 3 is 2.43 bits per heavy atom. The molecule has 2 aliphatic rings. The molecule has 2 heterocycles. The first-order valence-corrected chi connectivity index (χ1v) is 9.83. The summed E-state index contributed by atoms with van der Waals surface area (Å²) in [6, 6.07) is 10.5. The molecule has 6 nitrogen and oxygen atoms in total. The smallest absolute Gasteiger partial charge is 0.266 e. The number of nitrogens with two attached hydrogens (primary N) is 1. The molecule has 0 bridgehead atoms. The van der Waals surface area contributed by atoms with E-state index in [0.717, 1.165) is 17.5 Å². The lowest BCUT2D eigenvalue weighted by Crippen LogP contribution is -2.34. The Hall–Kier alpha value is -2.70. The summed E-state index contributed by atoms with van der Waals surface area (Å²) in [5.41, 5.74) is 9.21. The number of hydrogen-bond donors (Lipinski definition) is 1. The molecule has 2 aliphatic heterocycles. The van der Waals surface area contributed by atoms with E-state index in [4.69, 9.17) is 5.73 Å². The number of carbonyl (C=O) groups is 3. The number of amides is 3. The molecule has 3 amide bonds. The number of halogens is 1. The fraction of sp³-hybridized carbons (Fsp3) is 0.348. The van der Waals surface area contributed by atoms with Crippen LogP contribution in [0.2, 0.25) is 0 Å². The van der Waals surface area contributed by atoms with Crippen molar-refractivity contribution in [3.05, 3.63) is 64.2 Å². The molecule has 1 atom stereocenters. The molecule has 158 valence electrons. The molecule has 2 N–H and O–H groups in total. The lowest BCUT2D eigenvalue weighted by Gasteiger charge is -2.22. The summed E-state index contributed by atoms with van der Waals surface area (Å²) in [4.78, 5) is 42.0. The van der Waals surface area contributed by atoms with Crippen molar-refractivity contribution in [3.8, 4) is 0 Å². The molecule has 0 radical (unpaired) electrons. The van der Waals surface area contributed by atoms with E-state index in [-0.39, 0.29) is 41.1 Å². The van der Waals surface area contributed by atoms with Crippen molar-refractivity contribution in [1.82, 2.24) is 4.90 Å². The van der Waals surface area contributed by atoms with Crippen molar-refractivity contribution in [2.75, 3.05) is 24.5 Å². The number of anilines is 1. The zero-order valence-corrected chi connectivity index (χ0v) is 18.2. The van der Waals surface area contributed by atoms with Crippen LogP contribution in [0, 0.1) is 19.3 Å². The molecule has 0 saturated carbocycles. The van der Waals surface area contributed by atoms with Gasteiger partial charge >= 0.3 is 0 Å². The molecule has 2 aromatic carbocycles. The van der Waals surface area contributed by atoms with Gasteiger partial charge in [-0.25, -0.2) is 4.90 Å². The van der Waals surface area contributed by atoms with Gasteiger partial charge in [0.1, 0.15) is 0 Å². The molecular weight excluding hydrogens is 402 g/mol. The number of likely N-dealkylation sites (tertiary alicyclic amines) is 1. The first kappa shape index (κ1) is 22.0. The Bertz CT molecular complexity index is 1050. The third kappa shape index (κ3) is 3.50.